The van der Waals surface area contributed by atoms with E-state index in [1.165, 1.54) is 24.3 Å². The number of benzene rings is 2. The summed E-state index contributed by atoms with van der Waals surface area (Å²) in [7, 11) is -3.78. The fourth-order valence-electron chi connectivity index (χ4n) is 3.42. The zero-order chi connectivity index (χ0) is 21.7. The average molecular weight is 430 g/mol. The molecule has 3 rings (SSSR count). The van der Waals surface area contributed by atoms with Gasteiger partial charge in [-0.05, 0) is 42.2 Å². The number of sulfonamides is 1. The van der Waals surface area contributed by atoms with E-state index in [4.69, 9.17) is 0 Å². The largest absolute Gasteiger partial charge is 0.354 e. The van der Waals surface area contributed by atoms with E-state index in [2.05, 4.69) is 24.5 Å². The molecule has 1 unspecified atom stereocenters. The Labute approximate surface area is 177 Å². The van der Waals surface area contributed by atoms with Crippen molar-refractivity contribution in [1.82, 2.24) is 14.9 Å². The van der Waals surface area contributed by atoms with E-state index in [0.29, 0.717) is 11.5 Å². The van der Waals surface area contributed by atoms with Gasteiger partial charge in [0.2, 0.25) is 15.9 Å². The normalized spacial score (nSPS) is 16.2. The Bertz CT molecular complexity index is 989. The Hall–Kier alpha value is -2.71. The monoisotopic (exact) mass is 429 g/mol. The Balaban J connectivity index is 1.74. The van der Waals surface area contributed by atoms with Crippen LogP contribution in [-0.4, -0.2) is 44.2 Å². The van der Waals surface area contributed by atoms with Gasteiger partial charge < -0.3 is 10.6 Å². The van der Waals surface area contributed by atoms with E-state index in [-0.39, 0.29) is 42.4 Å². The summed E-state index contributed by atoms with van der Waals surface area (Å²) in [6, 6.07) is 15.5. The highest BCUT2D eigenvalue weighted by atomic mass is 32.2. The van der Waals surface area contributed by atoms with Gasteiger partial charge in [0.25, 0.3) is 5.91 Å². The van der Waals surface area contributed by atoms with E-state index in [1.807, 2.05) is 30.3 Å². The molecule has 0 bridgehead atoms. The summed E-state index contributed by atoms with van der Waals surface area (Å²) in [5, 5.41) is 5.66. The van der Waals surface area contributed by atoms with Gasteiger partial charge in [-0.3, -0.25) is 9.59 Å². The maximum atomic E-state index is 12.8. The van der Waals surface area contributed by atoms with E-state index in [0.717, 1.165) is 16.3 Å². The van der Waals surface area contributed by atoms with Crippen molar-refractivity contribution < 1.29 is 18.0 Å². The minimum absolute atomic E-state index is 0.0653. The highest BCUT2D eigenvalue weighted by molar-refractivity contribution is 7.89. The molecule has 2 amide bonds. The van der Waals surface area contributed by atoms with Crippen molar-refractivity contribution in [2.75, 3.05) is 19.6 Å². The lowest BCUT2D eigenvalue weighted by Gasteiger charge is -2.26. The summed E-state index contributed by atoms with van der Waals surface area (Å²) in [5.41, 5.74) is 1.41. The Morgan fingerprint density at radius 1 is 1.10 bits per heavy atom. The summed E-state index contributed by atoms with van der Waals surface area (Å²) in [6.45, 7) is 4.52. The molecular weight excluding hydrogens is 402 g/mol. The van der Waals surface area contributed by atoms with Crippen LogP contribution in [0.3, 0.4) is 0 Å². The van der Waals surface area contributed by atoms with Crippen LogP contribution in [0.15, 0.2) is 59.5 Å². The van der Waals surface area contributed by atoms with Crippen molar-refractivity contribution in [2.45, 2.75) is 31.2 Å². The van der Waals surface area contributed by atoms with E-state index < -0.39 is 10.0 Å². The van der Waals surface area contributed by atoms with Crippen molar-refractivity contribution in [1.29, 1.82) is 0 Å². The third-order valence-electron chi connectivity index (χ3n) is 4.97. The van der Waals surface area contributed by atoms with Gasteiger partial charge >= 0.3 is 0 Å². The van der Waals surface area contributed by atoms with Gasteiger partial charge in [-0.2, -0.15) is 4.31 Å². The zero-order valence-corrected chi connectivity index (χ0v) is 18.0. The molecule has 1 aliphatic rings. The van der Waals surface area contributed by atoms with Crippen LogP contribution in [0.1, 0.15) is 42.2 Å². The minimum Gasteiger partial charge on any atom is -0.354 e. The molecular formula is C22H27N3O4S. The number of rotatable bonds is 7. The standard InChI is InChI=1S/C22H27N3O4S/c1-16(2)14-20(17-6-4-3-5-7-17)24-22(27)18-8-10-19(11-9-18)30(28,29)25-13-12-23-21(26)15-25/h3-11,16,20H,12-15H2,1-2H3,(H,23,26)(H,24,27). The second-order valence-electron chi connectivity index (χ2n) is 7.78. The van der Waals surface area contributed by atoms with Crippen LogP contribution in [-0.2, 0) is 14.8 Å². The highest BCUT2D eigenvalue weighted by Crippen LogP contribution is 2.22. The highest BCUT2D eigenvalue weighted by Gasteiger charge is 2.29. The van der Waals surface area contributed by atoms with Gasteiger partial charge in [0.1, 0.15) is 0 Å². The lowest BCUT2D eigenvalue weighted by Crippen LogP contribution is -2.49. The maximum Gasteiger partial charge on any atom is 0.251 e. The molecule has 8 heteroatoms. The quantitative estimate of drug-likeness (QED) is 0.706. The van der Waals surface area contributed by atoms with Crippen molar-refractivity contribution in [3.8, 4) is 0 Å². The molecule has 7 nitrogen and oxygen atoms in total. The summed E-state index contributed by atoms with van der Waals surface area (Å²) in [6.07, 6.45) is 0.791. The predicted molar refractivity (Wildman–Crippen MR) is 114 cm³/mol. The van der Waals surface area contributed by atoms with Gasteiger partial charge in [0, 0.05) is 18.7 Å². The number of piperazine rings is 1. The SMILES string of the molecule is CC(C)CC(NC(=O)c1ccc(S(=O)(=O)N2CCNC(=O)C2)cc1)c1ccccc1. The number of hydrogen-bond acceptors (Lipinski definition) is 4. The molecule has 0 aromatic heterocycles. The van der Waals surface area contributed by atoms with Crippen LogP contribution >= 0.6 is 0 Å². The first kappa shape index (κ1) is 22.0. The molecule has 0 aliphatic carbocycles. The molecule has 0 spiro atoms. The zero-order valence-electron chi connectivity index (χ0n) is 17.2. The van der Waals surface area contributed by atoms with Crippen LogP contribution in [0, 0.1) is 5.92 Å². The predicted octanol–water partition coefficient (Wildman–Crippen LogP) is 2.32. The van der Waals surface area contributed by atoms with Gasteiger partial charge in [-0.15, -0.1) is 0 Å². The molecule has 2 aromatic carbocycles. The molecule has 1 fully saturated rings. The van der Waals surface area contributed by atoms with Crippen molar-refractivity contribution >= 4 is 21.8 Å². The number of amides is 2. The minimum atomic E-state index is -3.78. The molecule has 160 valence electrons. The number of nitrogens with zero attached hydrogens (tertiary/aromatic N) is 1. The molecule has 1 saturated heterocycles. The van der Waals surface area contributed by atoms with Gasteiger partial charge in [0.05, 0.1) is 17.5 Å². The molecule has 0 radical (unpaired) electrons. The number of nitrogens with one attached hydrogen (secondary N) is 2. The van der Waals surface area contributed by atoms with Gasteiger partial charge in [-0.25, -0.2) is 8.42 Å². The summed E-state index contributed by atoms with van der Waals surface area (Å²) < 4.78 is 26.6. The molecule has 1 heterocycles. The van der Waals surface area contributed by atoms with Crippen molar-refractivity contribution in [2.24, 2.45) is 5.92 Å². The number of carbonyl (C=O) groups excluding carboxylic acids is 2. The van der Waals surface area contributed by atoms with Crippen molar-refractivity contribution in [3.05, 3.63) is 65.7 Å². The molecule has 1 atom stereocenters. The lowest BCUT2D eigenvalue weighted by molar-refractivity contribution is -0.122. The fraction of sp³-hybridized carbons (Fsp3) is 0.364. The smallest absolute Gasteiger partial charge is 0.251 e. The first-order valence-electron chi connectivity index (χ1n) is 10.00. The second-order valence-corrected chi connectivity index (χ2v) is 9.72. The Morgan fingerprint density at radius 3 is 2.37 bits per heavy atom. The number of carbonyl (C=O) groups is 2. The van der Waals surface area contributed by atoms with Crippen LogP contribution in [0.4, 0.5) is 0 Å². The van der Waals surface area contributed by atoms with Crippen LogP contribution in [0.2, 0.25) is 0 Å². The molecule has 2 N–H and O–H groups in total. The van der Waals surface area contributed by atoms with E-state index >= 15 is 0 Å². The Morgan fingerprint density at radius 2 is 1.77 bits per heavy atom. The summed E-state index contributed by atoms with van der Waals surface area (Å²) in [5.74, 6) is -0.187. The fourth-order valence-corrected chi connectivity index (χ4v) is 4.82. The topological polar surface area (TPSA) is 95.6 Å². The first-order valence-corrected chi connectivity index (χ1v) is 11.4. The summed E-state index contributed by atoms with van der Waals surface area (Å²) >= 11 is 0. The molecule has 30 heavy (non-hydrogen) atoms. The van der Waals surface area contributed by atoms with Gasteiger partial charge in [-0.1, -0.05) is 44.2 Å². The lowest BCUT2D eigenvalue weighted by atomic mass is 9.96. The third kappa shape index (κ3) is 5.25. The van der Waals surface area contributed by atoms with Crippen LogP contribution in [0.5, 0.6) is 0 Å². The summed E-state index contributed by atoms with van der Waals surface area (Å²) in [4.78, 5) is 24.4. The molecule has 1 aliphatic heterocycles. The van der Waals surface area contributed by atoms with E-state index in [1.54, 1.807) is 0 Å². The molecule has 0 saturated carbocycles. The van der Waals surface area contributed by atoms with Crippen LogP contribution in [0.25, 0.3) is 0 Å². The first-order chi connectivity index (χ1) is 14.3. The van der Waals surface area contributed by atoms with Crippen molar-refractivity contribution in [3.63, 3.8) is 0 Å². The Kier molecular flexibility index (Phi) is 6.89. The van der Waals surface area contributed by atoms with Gasteiger partial charge in [0.15, 0.2) is 0 Å². The second kappa shape index (κ2) is 9.40. The molecule has 2 aromatic rings. The number of hydrogen-bond donors (Lipinski definition) is 2. The van der Waals surface area contributed by atoms with Crippen LogP contribution < -0.4 is 10.6 Å². The average Bonchev–Trinajstić information content (AvgIpc) is 2.73. The maximum absolute atomic E-state index is 12.8. The third-order valence-corrected chi connectivity index (χ3v) is 6.83. The van der Waals surface area contributed by atoms with E-state index in [9.17, 15) is 18.0 Å².